The van der Waals surface area contributed by atoms with Crippen molar-refractivity contribution >= 4 is 23.2 Å². The number of carbonyl (C=O) groups excluding carboxylic acids is 2. The molecule has 0 radical (unpaired) electrons. The van der Waals surface area contributed by atoms with Gasteiger partial charge in [-0.05, 0) is 25.0 Å². The van der Waals surface area contributed by atoms with Gasteiger partial charge in [-0.3, -0.25) is 19.7 Å². The number of benzene rings is 1. The van der Waals surface area contributed by atoms with Crippen molar-refractivity contribution in [1.29, 1.82) is 0 Å². The van der Waals surface area contributed by atoms with Crippen LogP contribution in [0.5, 0.6) is 0 Å². The van der Waals surface area contributed by atoms with Gasteiger partial charge < -0.3 is 10.6 Å². The first kappa shape index (κ1) is 20.9. The summed E-state index contributed by atoms with van der Waals surface area (Å²) in [7, 11) is 0. The van der Waals surface area contributed by atoms with E-state index in [1.807, 2.05) is 0 Å². The van der Waals surface area contributed by atoms with Gasteiger partial charge in [0.05, 0.1) is 4.92 Å². The minimum atomic E-state index is -0.741. The molecule has 1 aromatic carbocycles. The molecule has 2 N–H and O–H groups in total. The van der Waals surface area contributed by atoms with Gasteiger partial charge in [-0.15, -0.1) is 0 Å². The van der Waals surface area contributed by atoms with Crippen LogP contribution in [0.2, 0.25) is 0 Å². The van der Waals surface area contributed by atoms with E-state index in [0.29, 0.717) is 5.69 Å². The number of hydrogen-bond acceptors (Lipinski definition) is 4. The van der Waals surface area contributed by atoms with Gasteiger partial charge in [0.2, 0.25) is 0 Å². The van der Waals surface area contributed by atoms with Crippen LogP contribution in [0.3, 0.4) is 0 Å². The number of nitro groups is 1. The Hall–Kier alpha value is -2.44. The molecule has 1 fully saturated rings. The SMILES string of the molecule is O=C(Nc1ccc([N+](=O)[O-])cc1)C(=O)NC1CCCCCCCCCCC1. The molecule has 1 aliphatic rings. The van der Waals surface area contributed by atoms with Gasteiger partial charge in [-0.25, -0.2) is 0 Å². The number of anilines is 1. The molecule has 0 bridgehead atoms. The van der Waals surface area contributed by atoms with Crippen molar-refractivity contribution in [3.05, 3.63) is 34.4 Å². The van der Waals surface area contributed by atoms with Crippen molar-refractivity contribution in [2.24, 2.45) is 0 Å². The molecule has 7 heteroatoms. The molecule has 0 spiro atoms. The van der Waals surface area contributed by atoms with Crippen LogP contribution in [0, 0.1) is 10.1 Å². The molecule has 0 heterocycles. The number of nitrogens with one attached hydrogen (secondary N) is 2. The molecule has 0 aliphatic heterocycles. The third kappa shape index (κ3) is 7.76. The lowest BCUT2D eigenvalue weighted by Gasteiger charge is -2.19. The van der Waals surface area contributed by atoms with E-state index in [4.69, 9.17) is 0 Å². The van der Waals surface area contributed by atoms with E-state index in [1.165, 1.54) is 69.2 Å². The molecule has 7 nitrogen and oxygen atoms in total. The van der Waals surface area contributed by atoms with E-state index in [0.717, 1.165) is 25.7 Å². The number of nitro benzene ring substituents is 1. The summed E-state index contributed by atoms with van der Waals surface area (Å²) in [6.07, 6.45) is 12.6. The molecule has 27 heavy (non-hydrogen) atoms. The predicted molar refractivity (Wildman–Crippen MR) is 104 cm³/mol. The molecule has 1 aromatic rings. The molecular weight excluding hydrogens is 346 g/mol. The summed E-state index contributed by atoms with van der Waals surface area (Å²) in [6.45, 7) is 0. The molecule has 2 amide bonds. The monoisotopic (exact) mass is 375 g/mol. The molecule has 0 atom stereocenters. The average Bonchev–Trinajstić information content (AvgIpc) is 2.64. The van der Waals surface area contributed by atoms with Crippen LogP contribution < -0.4 is 10.6 Å². The van der Waals surface area contributed by atoms with E-state index >= 15 is 0 Å². The lowest BCUT2D eigenvalue weighted by molar-refractivity contribution is -0.384. The Labute approximate surface area is 160 Å². The van der Waals surface area contributed by atoms with Crippen molar-refractivity contribution in [1.82, 2.24) is 5.32 Å². The van der Waals surface area contributed by atoms with Crippen molar-refractivity contribution in [3.63, 3.8) is 0 Å². The fourth-order valence-corrected chi connectivity index (χ4v) is 3.41. The molecule has 1 aliphatic carbocycles. The van der Waals surface area contributed by atoms with Crippen molar-refractivity contribution in [2.75, 3.05) is 5.32 Å². The highest BCUT2D eigenvalue weighted by molar-refractivity contribution is 6.39. The van der Waals surface area contributed by atoms with Crippen molar-refractivity contribution in [2.45, 2.75) is 76.7 Å². The van der Waals surface area contributed by atoms with Gasteiger partial charge in [0.25, 0.3) is 5.69 Å². The summed E-state index contributed by atoms with van der Waals surface area (Å²) in [5.74, 6) is -1.39. The van der Waals surface area contributed by atoms with Gasteiger partial charge in [0.15, 0.2) is 0 Å². The zero-order valence-electron chi connectivity index (χ0n) is 15.7. The van der Waals surface area contributed by atoms with Crippen molar-refractivity contribution < 1.29 is 14.5 Å². The fourth-order valence-electron chi connectivity index (χ4n) is 3.41. The zero-order valence-corrected chi connectivity index (χ0v) is 15.7. The Kier molecular flexibility index (Phi) is 8.74. The van der Waals surface area contributed by atoms with Crippen LogP contribution in [0.25, 0.3) is 0 Å². The Balaban J connectivity index is 1.84. The molecule has 2 rings (SSSR count). The quantitative estimate of drug-likeness (QED) is 0.466. The van der Waals surface area contributed by atoms with E-state index in [9.17, 15) is 19.7 Å². The Morgan fingerprint density at radius 2 is 1.30 bits per heavy atom. The first-order valence-corrected chi connectivity index (χ1v) is 9.92. The lowest BCUT2D eigenvalue weighted by atomic mass is 9.98. The zero-order chi connectivity index (χ0) is 19.5. The van der Waals surface area contributed by atoms with E-state index in [1.54, 1.807) is 0 Å². The molecule has 0 aromatic heterocycles. The maximum Gasteiger partial charge on any atom is 0.313 e. The van der Waals surface area contributed by atoms with Crippen molar-refractivity contribution in [3.8, 4) is 0 Å². The van der Waals surface area contributed by atoms with Crippen LogP contribution in [0.4, 0.5) is 11.4 Å². The van der Waals surface area contributed by atoms with Crippen LogP contribution >= 0.6 is 0 Å². The minimum Gasteiger partial charge on any atom is -0.345 e. The van der Waals surface area contributed by atoms with E-state index in [-0.39, 0.29) is 11.7 Å². The minimum absolute atomic E-state index is 0.0273. The number of amides is 2. The standard InChI is InChI=1S/C20H29N3O4/c24-19(20(25)22-17-12-14-18(15-13-17)23(26)27)21-16-10-8-6-4-2-1-3-5-7-9-11-16/h12-16H,1-11H2,(H,21,24)(H,22,25). The number of hydrogen-bond donors (Lipinski definition) is 2. The van der Waals surface area contributed by atoms with Gasteiger partial charge in [-0.2, -0.15) is 0 Å². The summed E-state index contributed by atoms with van der Waals surface area (Å²) in [6, 6.07) is 5.44. The maximum absolute atomic E-state index is 12.2. The Morgan fingerprint density at radius 1 is 0.815 bits per heavy atom. The molecule has 1 saturated carbocycles. The summed E-state index contributed by atoms with van der Waals surface area (Å²) >= 11 is 0. The fraction of sp³-hybridized carbons (Fsp3) is 0.600. The lowest BCUT2D eigenvalue weighted by Crippen LogP contribution is -2.41. The van der Waals surface area contributed by atoms with E-state index < -0.39 is 16.7 Å². The average molecular weight is 375 g/mol. The predicted octanol–water partition coefficient (Wildman–Crippen LogP) is 4.32. The van der Waals surface area contributed by atoms with Gasteiger partial charge in [-0.1, -0.05) is 57.8 Å². The molecular formula is C20H29N3O4. The largest absolute Gasteiger partial charge is 0.345 e. The molecule has 148 valence electrons. The second-order valence-corrected chi connectivity index (χ2v) is 7.19. The number of nitrogens with zero attached hydrogens (tertiary/aromatic N) is 1. The highest BCUT2D eigenvalue weighted by atomic mass is 16.6. The van der Waals surface area contributed by atoms with Crippen LogP contribution in [-0.4, -0.2) is 22.8 Å². The van der Waals surface area contributed by atoms with Gasteiger partial charge in [0, 0.05) is 23.9 Å². The topological polar surface area (TPSA) is 101 Å². The van der Waals surface area contributed by atoms with Gasteiger partial charge in [0.1, 0.15) is 0 Å². The molecule has 0 saturated heterocycles. The molecule has 0 unspecified atom stereocenters. The van der Waals surface area contributed by atoms with Crippen LogP contribution in [0.1, 0.15) is 70.6 Å². The Morgan fingerprint density at radius 3 is 1.78 bits per heavy atom. The Bertz CT molecular complexity index is 619. The number of rotatable bonds is 3. The summed E-state index contributed by atoms with van der Waals surface area (Å²) in [5, 5.41) is 16.0. The third-order valence-electron chi connectivity index (χ3n) is 4.98. The summed E-state index contributed by atoms with van der Waals surface area (Å²) < 4.78 is 0. The highest BCUT2D eigenvalue weighted by Gasteiger charge is 2.19. The highest BCUT2D eigenvalue weighted by Crippen LogP contribution is 2.18. The summed E-state index contributed by atoms with van der Waals surface area (Å²) in [5.41, 5.74) is 0.296. The van der Waals surface area contributed by atoms with E-state index in [2.05, 4.69) is 10.6 Å². The first-order valence-electron chi connectivity index (χ1n) is 9.92. The third-order valence-corrected chi connectivity index (χ3v) is 4.98. The smallest absolute Gasteiger partial charge is 0.313 e. The second-order valence-electron chi connectivity index (χ2n) is 7.19. The normalized spacial score (nSPS) is 17.2. The number of carbonyl (C=O) groups is 2. The second kappa shape index (κ2) is 11.3. The summed E-state index contributed by atoms with van der Waals surface area (Å²) in [4.78, 5) is 34.5. The van der Waals surface area contributed by atoms with Crippen LogP contribution in [0.15, 0.2) is 24.3 Å². The van der Waals surface area contributed by atoms with Gasteiger partial charge >= 0.3 is 11.8 Å². The number of non-ortho nitro benzene ring substituents is 1. The maximum atomic E-state index is 12.2. The first-order chi connectivity index (χ1) is 13.1. The van der Waals surface area contributed by atoms with Crippen LogP contribution in [-0.2, 0) is 9.59 Å².